The molecule has 1 saturated heterocycles. The molecule has 118 valence electrons. The number of piperidine rings is 1. The Morgan fingerprint density at radius 3 is 3.05 bits per heavy atom. The largest absolute Gasteiger partial charge is 0.394 e. The Bertz CT molecular complexity index is 458. The SMILES string of the molecule is CCC(CO)NC(=O)NC1CCCN(c2cnn(C)c2)C1. The highest BCUT2D eigenvalue weighted by Gasteiger charge is 2.22. The molecule has 1 aromatic rings. The van der Waals surface area contributed by atoms with E-state index in [9.17, 15) is 4.79 Å². The van der Waals surface area contributed by atoms with Crippen molar-refractivity contribution in [2.24, 2.45) is 7.05 Å². The number of carbonyl (C=O) groups is 1. The predicted molar refractivity (Wildman–Crippen MR) is 81.3 cm³/mol. The summed E-state index contributed by atoms with van der Waals surface area (Å²) in [5.41, 5.74) is 1.09. The van der Waals surface area contributed by atoms with Crippen LogP contribution < -0.4 is 15.5 Å². The van der Waals surface area contributed by atoms with Crippen molar-refractivity contribution in [1.29, 1.82) is 0 Å². The Labute approximate surface area is 125 Å². The van der Waals surface area contributed by atoms with Crippen LogP contribution in [0.3, 0.4) is 0 Å². The second-order valence-electron chi connectivity index (χ2n) is 5.56. The van der Waals surface area contributed by atoms with E-state index in [2.05, 4.69) is 20.6 Å². The summed E-state index contributed by atoms with van der Waals surface area (Å²) in [5, 5.41) is 19.1. The minimum atomic E-state index is -0.200. The van der Waals surface area contributed by atoms with Gasteiger partial charge in [-0.05, 0) is 19.3 Å². The molecule has 3 N–H and O–H groups in total. The van der Waals surface area contributed by atoms with Gasteiger partial charge in [-0.1, -0.05) is 6.92 Å². The van der Waals surface area contributed by atoms with Crippen molar-refractivity contribution in [1.82, 2.24) is 20.4 Å². The van der Waals surface area contributed by atoms with Crippen LogP contribution >= 0.6 is 0 Å². The van der Waals surface area contributed by atoms with Crippen LogP contribution in [-0.4, -0.2) is 52.7 Å². The molecule has 0 saturated carbocycles. The lowest BCUT2D eigenvalue weighted by Gasteiger charge is -2.34. The van der Waals surface area contributed by atoms with Crippen LogP contribution in [0.4, 0.5) is 10.5 Å². The number of hydrogen-bond acceptors (Lipinski definition) is 4. The Morgan fingerprint density at radius 2 is 2.43 bits per heavy atom. The fourth-order valence-corrected chi connectivity index (χ4v) is 2.59. The zero-order chi connectivity index (χ0) is 15.2. The molecule has 2 heterocycles. The van der Waals surface area contributed by atoms with Crippen LogP contribution in [0.25, 0.3) is 0 Å². The van der Waals surface area contributed by atoms with E-state index in [1.165, 1.54) is 0 Å². The van der Waals surface area contributed by atoms with Gasteiger partial charge in [-0.2, -0.15) is 5.10 Å². The number of carbonyl (C=O) groups excluding carboxylic acids is 1. The van der Waals surface area contributed by atoms with Crippen LogP contribution in [0.1, 0.15) is 26.2 Å². The number of anilines is 1. The predicted octanol–water partition coefficient (Wildman–Crippen LogP) is 0.459. The van der Waals surface area contributed by atoms with E-state index in [1.807, 2.05) is 26.4 Å². The molecule has 21 heavy (non-hydrogen) atoms. The minimum Gasteiger partial charge on any atom is -0.394 e. The van der Waals surface area contributed by atoms with Crippen LogP contribution in [-0.2, 0) is 7.05 Å². The lowest BCUT2D eigenvalue weighted by atomic mass is 10.1. The molecule has 7 heteroatoms. The summed E-state index contributed by atoms with van der Waals surface area (Å²) in [6, 6.07) is -0.257. The van der Waals surface area contributed by atoms with Gasteiger partial charge in [0, 0.05) is 32.4 Å². The van der Waals surface area contributed by atoms with Gasteiger partial charge in [0.25, 0.3) is 0 Å². The maximum absolute atomic E-state index is 11.9. The second-order valence-corrected chi connectivity index (χ2v) is 5.56. The number of hydrogen-bond donors (Lipinski definition) is 3. The Morgan fingerprint density at radius 1 is 1.62 bits per heavy atom. The van der Waals surface area contributed by atoms with Gasteiger partial charge in [-0.3, -0.25) is 4.68 Å². The number of nitrogens with one attached hydrogen (secondary N) is 2. The molecule has 1 aliphatic heterocycles. The molecule has 2 atom stereocenters. The summed E-state index contributed by atoms with van der Waals surface area (Å²) >= 11 is 0. The van der Waals surface area contributed by atoms with Gasteiger partial charge in [-0.25, -0.2) is 4.79 Å². The highest BCUT2D eigenvalue weighted by atomic mass is 16.3. The van der Waals surface area contributed by atoms with Gasteiger partial charge in [0.15, 0.2) is 0 Å². The van der Waals surface area contributed by atoms with Crippen LogP contribution in [0, 0.1) is 0 Å². The molecule has 1 fully saturated rings. The zero-order valence-electron chi connectivity index (χ0n) is 12.7. The Balaban J connectivity index is 1.85. The van der Waals surface area contributed by atoms with Crippen LogP contribution in [0.15, 0.2) is 12.4 Å². The van der Waals surface area contributed by atoms with Gasteiger partial charge in [0.05, 0.1) is 24.5 Å². The number of rotatable bonds is 5. The standard InChI is InChI=1S/C14H25N5O2/c1-3-11(10-20)16-14(21)17-12-5-4-6-19(8-12)13-7-15-18(2)9-13/h7,9,11-12,20H,3-6,8,10H2,1-2H3,(H2,16,17,21). The molecule has 7 nitrogen and oxygen atoms in total. The Kier molecular flexibility index (Phi) is 5.44. The normalized spacial score (nSPS) is 20.1. The first-order valence-electron chi connectivity index (χ1n) is 7.53. The summed E-state index contributed by atoms with van der Waals surface area (Å²) in [5.74, 6) is 0. The summed E-state index contributed by atoms with van der Waals surface area (Å²) < 4.78 is 1.78. The number of nitrogens with zero attached hydrogens (tertiary/aromatic N) is 3. The first-order chi connectivity index (χ1) is 10.1. The molecule has 2 unspecified atom stereocenters. The van der Waals surface area contributed by atoms with Gasteiger partial charge in [0.1, 0.15) is 0 Å². The lowest BCUT2D eigenvalue weighted by Crippen LogP contribution is -2.52. The van der Waals surface area contributed by atoms with E-state index in [0.29, 0.717) is 0 Å². The molecule has 0 radical (unpaired) electrons. The lowest BCUT2D eigenvalue weighted by molar-refractivity contribution is 0.210. The molecule has 0 aliphatic carbocycles. The summed E-state index contributed by atoms with van der Waals surface area (Å²) in [7, 11) is 1.90. The molecule has 2 amide bonds. The number of aliphatic hydroxyl groups is 1. The van der Waals surface area contributed by atoms with E-state index in [-0.39, 0.29) is 24.7 Å². The third kappa shape index (κ3) is 4.35. The Hall–Kier alpha value is -1.76. The van der Waals surface area contributed by atoms with Gasteiger partial charge in [-0.15, -0.1) is 0 Å². The van der Waals surface area contributed by atoms with Gasteiger partial charge >= 0.3 is 6.03 Å². The van der Waals surface area contributed by atoms with E-state index >= 15 is 0 Å². The number of aryl methyl sites for hydroxylation is 1. The summed E-state index contributed by atoms with van der Waals surface area (Å²) in [6.45, 7) is 3.68. The molecule has 1 aliphatic rings. The van der Waals surface area contributed by atoms with Crippen molar-refractivity contribution >= 4 is 11.7 Å². The number of urea groups is 1. The first-order valence-corrected chi connectivity index (χ1v) is 7.53. The second kappa shape index (κ2) is 7.31. The number of aliphatic hydroxyl groups excluding tert-OH is 1. The highest BCUT2D eigenvalue weighted by molar-refractivity contribution is 5.74. The van der Waals surface area contributed by atoms with Crippen molar-refractivity contribution in [2.45, 2.75) is 38.3 Å². The van der Waals surface area contributed by atoms with E-state index < -0.39 is 0 Å². The third-order valence-corrected chi connectivity index (χ3v) is 3.86. The first kappa shape index (κ1) is 15.6. The van der Waals surface area contributed by atoms with E-state index in [1.54, 1.807) is 4.68 Å². The fraction of sp³-hybridized carbons (Fsp3) is 0.714. The quantitative estimate of drug-likeness (QED) is 0.737. The summed E-state index contributed by atoms with van der Waals surface area (Å²) in [4.78, 5) is 14.2. The molecule has 0 bridgehead atoms. The maximum Gasteiger partial charge on any atom is 0.315 e. The molecule has 1 aromatic heterocycles. The van der Waals surface area contributed by atoms with Gasteiger partial charge in [0.2, 0.25) is 0 Å². The number of amides is 2. The van der Waals surface area contributed by atoms with Crippen LogP contribution in [0.2, 0.25) is 0 Å². The monoisotopic (exact) mass is 295 g/mol. The third-order valence-electron chi connectivity index (χ3n) is 3.86. The van der Waals surface area contributed by atoms with Crippen molar-refractivity contribution in [3.8, 4) is 0 Å². The topological polar surface area (TPSA) is 82.4 Å². The van der Waals surface area contributed by atoms with Crippen molar-refractivity contribution in [2.75, 3.05) is 24.6 Å². The number of aromatic nitrogens is 2. The highest BCUT2D eigenvalue weighted by Crippen LogP contribution is 2.18. The molecule has 0 aromatic carbocycles. The fourth-order valence-electron chi connectivity index (χ4n) is 2.59. The molecular weight excluding hydrogens is 270 g/mol. The van der Waals surface area contributed by atoms with E-state index in [4.69, 9.17) is 5.11 Å². The zero-order valence-corrected chi connectivity index (χ0v) is 12.7. The van der Waals surface area contributed by atoms with Crippen molar-refractivity contribution in [3.63, 3.8) is 0 Å². The van der Waals surface area contributed by atoms with Crippen LogP contribution in [0.5, 0.6) is 0 Å². The minimum absolute atomic E-state index is 0.0314. The van der Waals surface area contributed by atoms with Crippen molar-refractivity contribution < 1.29 is 9.90 Å². The summed E-state index contributed by atoms with van der Waals surface area (Å²) in [6.07, 6.45) is 6.57. The average molecular weight is 295 g/mol. The molecule has 2 rings (SSSR count). The van der Waals surface area contributed by atoms with Crippen molar-refractivity contribution in [3.05, 3.63) is 12.4 Å². The van der Waals surface area contributed by atoms with Gasteiger partial charge < -0.3 is 20.6 Å². The smallest absolute Gasteiger partial charge is 0.315 e. The average Bonchev–Trinajstić information content (AvgIpc) is 2.91. The maximum atomic E-state index is 11.9. The molecular formula is C14H25N5O2. The van der Waals surface area contributed by atoms with E-state index in [0.717, 1.165) is 38.0 Å². The molecule has 0 spiro atoms.